The van der Waals surface area contributed by atoms with Gasteiger partial charge in [0.25, 0.3) is 5.91 Å². The molecule has 27 heavy (non-hydrogen) atoms. The first-order chi connectivity index (χ1) is 13.2. The Morgan fingerprint density at radius 1 is 1.22 bits per heavy atom. The van der Waals surface area contributed by atoms with Gasteiger partial charge in [-0.15, -0.1) is 0 Å². The Labute approximate surface area is 157 Å². The summed E-state index contributed by atoms with van der Waals surface area (Å²) in [7, 11) is 0. The van der Waals surface area contributed by atoms with Crippen LogP contribution >= 0.6 is 0 Å². The molecule has 5 rings (SSSR count). The van der Waals surface area contributed by atoms with Crippen molar-refractivity contribution in [3.05, 3.63) is 41.2 Å². The number of carbonyl (C=O) groups is 1. The smallest absolute Gasteiger partial charge is 0.257 e. The predicted octanol–water partition coefficient (Wildman–Crippen LogP) is 1.95. The Bertz CT molecular complexity index is 912. The number of fused-ring (bicyclic) bond motifs is 3. The van der Waals surface area contributed by atoms with Crippen molar-refractivity contribution >= 4 is 11.9 Å². The molecule has 2 N–H and O–H groups in total. The summed E-state index contributed by atoms with van der Waals surface area (Å²) in [5.41, 5.74) is 8.49. The highest BCUT2D eigenvalue weighted by molar-refractivity contribution is 5.98. The molecule has 0 saturated carbocycles. The van der Waals surface area contributed by atoms with Gasteiger partial charge in [0.1, 0.15) is 13.2 Å². The maximum atomic E-state index is 13.3. The minimum absolute atomic E-state index is 0.00750. The van der Waals surface area contributed by atoms with Crippen molar-refractivity contribution in [2.45, 2.75) is 31.1 Å². The third-order valence-electron chi connectivity index (χ3n) is 5.92. The standard InChI is InChI=1S/C20H22N4O3/c21-19-22-11-13-5-7-20(17(13)23-19)6-2-8-24(12-20)18(25)14-3-1-4-15-16(14)27-10-9-26-15/h1,3-4,11H,2,5-10,12H2,(H2,21,22,23). The average Bonchev–Trinajstić information content (AvgIpc) is 3.04. The zero-order valence-electron chi connectivity index (χ0n) is 15.1. The number of aryl methyl sites for hydroxylation is 1. The van der Waals surface area contributed by atoms with E-state index >= 15 is 0 Å². The SMILES string of the molecule is Nc1ncc2c(n1)C1(CCCN(C(=O)c3cccc4c3OCCO4)C1)CC2. The van der Waals surface area contributed by atoms with Crippen LogP contribution in [0.3, 0.4) is 0 Å². The van der Waals surface area contributed by atoms with E-state index in [1.807, 2.05) is 29.3 Å². The van der Waals surface area contributed by atoms with Crippen molar-refractivity contribution in [3.8, 4) is 11.5 Å². The number of ether oxygens (including phenoxy) is 2. The van der Waals surface area contributed by atoms with Gasteiger partial charge in [-0.05, 0) is 43.4 Å². The van der Waals surface area contributed by atoms with Gasteiger partial charge in [-0.1, -0.05) is 6.07 Å². The summed E-state index contributed by atoms with van der Waals surface area (Å²) in [5, 5.41) is 0. The van der Waals surface area contributed by atoms with Gasteiger partial charge in [0.15, 0.2) is 11.5 Å². The second-order valence-corrected chi connectivity index (χ2v) is 7.54. The second kappa shape index (κ2) is 6.11. The summed E-state index contributed by atoms with van der Waals surface area (Å²) in [4.78, 5) is 23.9. The first-order valence-electron chi connectivity index (χ1n) is 9.46. The number of hydrogen-bond acceptors (Lipinski definition) is 6. The van der Waals surface area contributed by atoms with E-state index in [0.29, 0.717) is 42.8 Å². The lowest BCUT2D eigenvalue weighted by Crippen LogP contribution is -2.48. The van der Waals surface area contributed by atoms with Crippen LogP contribution < -0.4 is 15.2 Å². The lowest BCUT2D eigenvalue weighted by Gasteiger charge is -2.40. The molecular weight excluding hydrogens is 344 g/mol. The number of para-hydroxylation sites is 1. The molecule has 0 bridgehead atoms. The van der Waals surface area contributed by atoms with E-state index < -0.39 is 0 Å². The monoisotopic (exact) mass is 366 g/mol. The Hall–Kier alpha value is -2.83. The molecule has 1 unspecified atom stereocenters. The third-order valence-corrected chi connectivity index (χ3v) is 5.92. The summed E-state index contributed by atoms with van der Waals surface area (Å²) >= 11 is 0. The number of nitrogen functional groups attached to an aromatic ring is 1. The molecule has 2 aromatic rings. The molecule has 1 atom stereocenters. The largest absolute Gasteiger partial charge is 0.486 e. The number of nitrogens with two attached hydrogens (primary N) is 1. The molecule has 2 aliphatic heterocycles. The summed E-state index contributed by atoms with van der Waals surface area (Å²) < 4.78 is 11.4. The van der Waals surface area contributed by atoms with E-state index in [-0.39, 0.29) is 11.3 Å². The molecule has 1 saturated heterocycles. The van der Waals surface area contributed by atoms with Crippen LogP contribution in [0, 0.1) is 0 Å². The molecule has 1 aliphatic carbocycles. The van der Waals surface area contributed by atoms with Crippen LogP contribution in [-0.4, -0.2) is 47.1 Å². The maximum absolute atomic E-state index is 13.3. The van der Waals surface area contributed by atoms with Crippen LogP contribution in [-0.2, 0) is 11.8 Å². The van der Waals surface area contributed by atoms with Gasteiger partial charge in [0, 0.05) is 24.7 Å². The van der Waals surface area contributed by atoms with Gasteiger partial charge >= 0.3 is 0 Å². The van der Waals surface area contributed by atoms with Crippen molar-refractivity contribution in [3.63, 3.8) is 0 Å². The number of benzene rings is 1. The molecule has 0 radical (unpaired) electrons. The number of aromatic nitrogens is 2. The van der Waals surface area contributed by atoms with Crippen molar-refractivity contribution in [2.75, 3.05) is 32.0 Å². The van der Waals surface area contributed by atoms with E-state index in [9.17, 15) is 4.79 Å². The minimum Gasteiger partial charge on any atom is -0.486 e. The minimum atomic E-state index is -0.119. The fourth-order valence-electron chi connectivity index (χ4n) is 4.67. The Balaban J connectivity index is 1.46. The highest BCUT2D eigenvalue weighted by atomic mass is 16.6. The number of nitrogens with zero attached hydrogens (tertiary/aromatic N) is 3. The quantitative estimate of drug-likeness (QED) is 0.830. The topological polar surface area (TPSA) is 90.6 Å². The van der Waals surface area contributed by atoms with Crippen LogP contribution in [0.1, 0.15) is 40.9 Å². The molecule has 140 valence electrons. The molecule has 7 heteroatoms. The van der Waals surface area contributed by atoms with Crippen LogP contribution in [0.4, 0.5) is 5.95 Å². The average molecular weight is 366 g/mol. The van der Waals surface area contributed by atoms with E-state index in [0.717, 1.165) is 43.5 Å². The molecule has 3 aliphatic rings. The summed E-state index contributed by atoms with van der Waals surface area (Å²) in [6.07, 6.45) is 5.73. The first-order valence-corrected chi connectivity index (χ1v) is 9.46. The van der Waals surface area contributed by atoms with Crippen LogP contribution in [0.2, 0.25) is 0 Å². The van der Waals surface area contributed by atoms with Crippen molar-refractivity contribution < 1.29 is 14.3 Å². The number of rotatable bonds is 1. The Morgan fingerprint density at radius 3 is 3.04 bits per heavy atom. The lowest BCUT2D eigenvalue weighted by molar-refractivity contribution is 0.0624. The van der Waals surface area contributed by atoms with Crippen LogP contribution in [0.25, 0.3) is 0 Å². The van der Waals surface area contributed by atoms with E-state index in [2.05, 4.69) is 9.97 Å². The Morgan fingerprint density at radius 2 is 2.11 bits per heavy atom. The number of likely N-dealkylation sites (tertiary alicyclic amines) is 1. The first kappa shape index (κ1) is 16.4. The van der Waals surface area contributed by atoms with Crippen molar-refractivity contribution in [2.24, 2.45) is 0 Å². The normalized spacial score (nSPS) is 23.3. The number of hydrogen-bond donors (Lipinski definition) is 1. The number of piperidine rings is 1. The van der Waals surface area contributed by atoms with Gasteiger partial charge in [-0.3, -0.25) is 4.79 Å². The molecule has 3 heterocycles. The second-order valence-electron chi connectivity index (χ2n) is 7.54. The van der Waals surface area contributed by atoms with Gasteiger partial charge in [0.2, 0.25) is 5.95 Å². The van der Waals surface area contributed by atoms with E-state index in [1.165, 1.54) is 0 Å². The molecule has 1 spiro atoms. The van der Waals surface area contributed by atoms with Crippen molar-refractivity contribution in [1.29, 1.82) is 0 Å². The van der Waals surface area contributed by atoms with Gasteiger partial charge in [-0.2, -0.15) is 0 Å². The zero-order chi connectivity index (χ0) is 18.4. The number of amides is 1. The zero-order valence-corrected chi connectivity index (χ0v) is 15.1. The molecule has 7 nitrogen and oxygen atoms in total. The summed E-state index contributed by atoms with van der Waals surface area (Å²) in [5.74, 6) is 1.50. The van der Waals surface area contributed by atoms with E-state index in [1.54, 1.807) is 0 Å². The van der Waals surface area contributed by atoms with Crippen LogP contribution in [0.5, 0.6) is 11.5 Å². The maximum Gasteiger partial charge on any atom is 0.257 e. The molecule has 1 amide bonds. The van der Waals surface area contributed by atoms with Gasteiger partial charge in [0.05, 0.1) is 11.3 Å². The fraction of sp³-hybridized carbons (Fsp3) is 0.450. The Kier molecular flexibility index (Phi) is 3.70. The summed E-state index contributed by atoms with van der Waals surface area (Å²) in [6, 6.07) is 5.51. The highest BCUT2D eigenvalue weighted by Crippen LogP contribution is 2.44. The number of carbonyl (C=O) groups excluding carboxylic acids is 1. The van der Waals surface area contributed by atoms with Crippen LogP contribution in [0.15, 0.2) is 24.4 Å². The number of anilines is 1. The van der Waals surface area contributed by atoms with Crippen molar-refractivity contribution in [1.82, 2.24) is 14.9 Å². The lowest BCUT2D eigenvalue weighted by atomic mass is 9.77. The predicted molar refractivity (Wildman–Crippen MR) is 99.0 cm³/mol. The van der Waals surface area contributed by atoms with E-state index in [4.69, 9.17) is 15.2 Å². The molecule has 1 fully saturated rings. The fourth-order valence-corrected chi connectivity index (χ4v) is 4.67. The van der Waals surface area contributed by atoms with Gasteiger partial charge < -0.3 is 20.1 Å². The molecule has 1 aromatic heterocycles. The highest BCUT2D eigenvalue weighted by Gasteiger charge is 2.45. The molecule has 1 aromatic carbocycles. The summed E-state index contributed by atoms with van der Waals surface area (Å²) in [6.45, 7) is 2.36. The van der Waals surface area contributed by atoms with Gasteiger partial charge in [-0.25, -0.2) is 9.97 Å². The molecular formula is C20H22N4O3. The third kappa shape index (κ3) is 2.60.